The molecule has 0 spiro atoms. The molecule has 2 N–H and O–H groups in total. The molecule has 1 aliphatic rings. The van der Waals surface area contributed by atoms with Crippen molar-refractivity contribution in [3.63, 3.8) is 0 Å². The Bertz CT molecular complexity index is 627. The molecule has 21 heavy (non-hydrogen) atoms. The Balaban J connectivity index is 2.14. The van der Waals surface area contributed by atoms with Gasteiger partial charge in [-0.2, -0.15) is 11.8 Å². The molecule has 2 rings (SSSR count). The van der Waals surface area contributed by atoms with Crippen LogP contribution in [0.3, 0.4) is 0 Å². The first-order valence-corrected chi connectivity index (χ1v) is 9.93. The highest BCUT2D eigenvalue weighted by Gasteiger charge is 2.22. The standard InChI is InChI=1S/C13H16BrNO4S2/c14-11-2-1-10(13(16)17)7-12(11)21(18,19)15-8-9-3-5-20-6-4-9/h1-2,7,9,15H,3-6,8H2,(H,16,17). The summed E-state index contributed by atoms with van der Waals surface area (Å²) in [6.07, 6.45) is 2.01. The lowest BCUT2D eigenvalue weighted by Gasteiger charge is -2.21. The lowest BCUT2D eigenvalue weighted by molar-refractivity contribution is 0.0696. The van der Waals surface area contributed by atoms with Gasteiger partial charge in [-0.25, -0.2) is 17.9 Å². The van der Waals surface area contributed by atoms with E-state index in [-0.39, 0.29) is 10.5 Å². The summed E-state index contributed by atoms with van der Waals surface area (Å²) in [6, 6.07) is 3.98. The zero-order valence-corrected chi connectivity index (χ0v) is 14.4. The fraction of sp³-hybridized carbons (Fsp3) is 0.462. The van der Waals surface area contributed by atoms with Gasteiger partial charge < -0.3 is 5.11 Å². The number of hydrogen-bond donors (Lipinski definition) is 2. The van der Waals surface area contributed by atoms with E-state index < -0.39 is 16.0 Å². The summed E-state index contributed by atoms with van der Waals surface area (Å²) in [5.74, 6) is 1.32. The van der Waals surface area contributed by atoms with Crippen LogP contribution in [0.25, 0.3) is 0 Å². The molecule has 1 heterocycles. The van der Waals surface area contributed by atoms with Crippen molar-refractivity contribution in [1.82, 2.24) is 4.72 Å². The van der Waals surface area contributed by atoms with Crippen LogP contribution in [0.4, 0.5) is 0 Å². The Morgan fingerprint density at radius 2 is 2.05 bits per heavy atom. The van der Waals surface area contributed by atoms with Gasteiger partial charge in [0, 0.05) is 11.0 Å². The second kappa shape index (κ2) is 7.13. The minimum absolute atomic E-state index is 0.0346. The van der Waals surface area contributed by atoms with Crippen molar-refractivity contribution in [1.29, 1.82) is 0 Å². The van der Waals surface area contributed by atoms with Gasteiger partial charge in [0.2, 0.25) is 10.0 Å². The molecule has 1 aromatic rings. The third-order valence-electron chi connectivity index (χ3n) is 3.37. The SMILES string of the molecule is O=C(O)c1ccc(Br)c(S(=O)(=O)NCC2CCSCC2)c1. The number of thioether (sulfide) groups is 1. The molecule has 1 saturated heterocycles. The predicted octanol–water partition coefficient (Wildman–Crippen LogP) is 2.57. The first-order chi connectivity index (χ1) is 9.90. The molecule has 0 saturated carbocycles. The summed E-state index contributed by atoms with van der Waals surface area (Å²) in [6.45, 7) is 0.395. The summed E-state index contributed by atoms with van der Waals surface area (Å²) in [5.41, 5.74) is -0.0485. The lowest BCUT2D eigenvalue weighted by Crippen LogP contribution is -2.31. The topological polar surface area (TPSA) is 83.5 Å². The van der Waals surface area contributed by atoms with Crippen LogP contribution in [0.2, 0.25) is 0 Å². The largest absolute Gasteiger partial charge is 0.478 e. The van der Waals surface area contributed by atoms with Gasteiger partial charge in [-0.15, -0.1) is 0 Å². The first kappa shape index (κ1) is 16.8. The van der Waals surface area contributed by atoms with Crippen molar-refractivity contribution in [3.05, 3.63) is 28.2 Å². The molecule has 0 radical (unpaired) electrons. The molecule has 0 aromatic heterocycles. The maximum atomic E-state index is 12.3. The fourth-order valence-corrected chi connectivity index (χ4v) is 5.41. The Kier molecular flexibility index (Phi) is 5.70. The summed E-state index contributed by atoms with van der Waals surface area (Å²) in [7, 11) is -3.71. The van der Waals surface area contributed by atoms with Crippen LogP contribution < -0.4 is 4.72 Å². The van der Waals surface area contributed by atoms with Gasteiger partial charge in [-0.05, 0) is 64.4 Å². The summed E-state index contributed by atoms with van der Waals surface area (Å²) in [5, 5.41) is 8.97. The van der Waals surface area contributed by atoms with E-state index in [2.05, 4.69) is 20.7 Å². The molecule has 1 aromatic carbocycles. The monoisotopic (exact) mass is 393 g/mol. The van der Waals surface area contributed by atoms with E-state index in [1.807, 2.05) is 11.8 Å². The van der Waals surface area contributed by atoms with Crippen LogP contribution in [-0.4, -0.2) is 37.5 Å². The first-order valence-electron chi connectivity index (χ1n) is 6.50. The smallest absolute Gasteiger partial charge is 0.335 e. The minimum atomic E-state index is -3.71. The number of rotatable bonds is 5. The van der Waals surface area contributed by atoms with Gasteiger partial charge in [0.1, 0.15) is 0 Å². The third-order valence-corrected chi connectivity index (χ3v) is 6.84. The lowest BCUT2D eigenvalue weighted by atomic mass is 10.0. The zero-order valence-electron chi connectivity index (χ0n) is 11.2. The highest BCUT2D eigenvalue weighted by Crippen LogP contribution is 2.25. The van der Waals surface area contributed by atoms with Crippen LogP contribution in [-0.2, 0) is 10.0 Å². The molecule has 0 amide bonds. The van der Waals surface area contributed by atoms with E-state index in [1.54, 1.807) is 0 Å². The van der Waals surface area contributed by atoms with Crippen LogP contribution in [0.1, 0.15) is 23.2 Å². The van der Waals surface area contributed by atoms with E-state index in [4.69, 9.17) is 5.11 Å². The van der Waals surface area contributed by atoms with Crippen LogP contribution in [0.5, 0.6) is 0 Å². The van der Waals surface area contributed by atoms with Crippen molar-refractivity contribution in [3.8, 4) is 0 Å². The molecule has 116 valence electrons. The van der Waals surface area contributed by atoms with Crippen molar-refractivity contribution in [2.45, 2.75) is 17.7 Å². The van der Waals surface area contributed by atoms with Gasteiger partial charge >= 0.3 is 5.97 Å². The van der Waals surface area contributed by atoms with Crippen molar-refractivity contribution >= 4 is 43.7 Å². The number of carboxylic acids is 1. The molecule has 1 aliphatic heterocycles. The van der Waals surface area contributed by atoms with E-state index in [9.17, 15) is 13.2 Å². The van der Waals surface area contributed by atoms with E-state index >= 15 is 0 Å². The Hall–Kier alpha value is -0.570. The number of halogens is 1. The van der Waals surface area contributed by atoms with Crippen LogP contribution in [0, 0.1) is 5.92 Å². The molecule has 0 bridgehead atoms. The maximum absolute atomic E-state index is 12.3. The summed E-state index contributed by atoms with van der Waals surface area (Å²) >= 11 is 5.05. The van der Waals surface area contributed by atoms with Crippen molar-refractivity contribution in [2.24, 2.45) is 5.92 Å². The third kappa shape index (κ3) is 4.45. The molecule has 1 fully saturated rings. The Morgan fingerprint density at radius 3 is 2.67 bits per heavy atom. The molecule has 8 heteroatoms. The van der Waals surface area contributed by atoms with E-state index in [1.165, 1.54) is 18.2 Å². The van der Waals surface area contributed by atoms with Gasteiger partial charge in [0.05, 0.1) is 10.5 Å². The summed E-state index contributed by atoms with van der Waals surface area (Å²) < 4.78 is 27.6. The predicted molar refractivity (Wildman–Crippen MR) is 86.3 cm³/mol. The van der Waals surface area contributed by atoms with Gasteiger partial charge in [-0.3, -0.25) is 0 Å². The van der Waals surface area contributed by atoms with Gasteiger partial charge in [-0.1, -0.05) is 0 Å². The number of carbonyl (C=O) groups is 1. The maximum Gasteiger partial charge on any atom is 0.335 e. The quantitative estimate of drug-likeness (QED) is 0.802. The molecule has 0 aliphatic carbocycles. The normalized spacial score (nSPS) is 16.8. The van der Waals surface area contributed by atoms with Crippen molar-refractivity contribution in [2.75, 3.05) is 18.1 Å². The Morgan fingerprint density at radius 1 is 1.38 bits per heavy atom. The van der Waals surface area contributed by atoms with Crippen LogP contribution >= 0.6 is 27.7 Å². The second-order valence-electron chi connectivity index (χ2n) is 4.86. The number of carboxylic acid groups (broad SMARTS) is 1. The van der Waals surface area contributed by atoms with Gasteiger partial charge in [0.15, 0.2) is 0 Å². The number of nitrogens with one attached hydrogen (secondary N) is 1. The minimum Gasteiger partial charge on any atom is -0.478 e. The number of benzene rings is 1. The number of aromatic carboxylic acids is 1. The molecule has 5 nitrogen and oxygen atoms in total. The molecule has 0 unspecified atom stereocenters. The highest BCUT2D eigenvalue weighted by atomic mass is 79.9. The molecule has 0 atom stereocenters. The van der Waals surface area contributed by atoms with Crippen LogP contribution in [0.15, 0.2) is 27.6 Å². The van der Waals surface area contributed by atoms with Gasteiger partial charge in [0.25, 0.3) is 0 Å². The van der Waals surface area contributed by atoms with E-state index in [0.29, 0.717) is 16.9 Å². The average Bonchev–Trinajstić information content (AvgIpc) is 2.46. The molecular formula is C13H16BrNO4S2. The zero-order chi connectivity index (χ0) is 15.5. The number of sulfonamides is 1. The Labute approximate surface area is 136 Å². The second-order valence-corrected chi connectivity index (χ2v) is 8.67. The average molecular weight is 394 g/mol. The summed E-state index contributed by atoms with van der Waals surface area (Å²) in [4.78, 5) is 10.9. The highest BCUT2D eigenvalue weighted by molar-refractivity contribution is 9.10. The molecular weight excluding hydrogens is 378 g/mol. The number of hydrogen-bond acceptors (Lipinski definition) is 4. The van der Waals surface area contributed by atoms with E-state index in [0.717, 1.165) is 24.3 Å². The van der Waals surface area contributed by atoms with Crippen molar-refractivity contribution < 1.29 is 18.3 Å². The fourth-order valence-electron chi connectivity index (χ4n) is 2.10.